The topological polar surface area (TPSA) is 77.0 Å². The molecule has 0 saturated heterocycles. The summed E-state index contributed by atoms with van der Waals surface area (Å²) in [6, 6.07) is 8.61. The largest absolute Gasteiger partial charge is 0.493 e. The molecule has 124 valence electrons. The van der Waals surface area contributed by atoms with Crippen LogP contribution >= 0.6 is 11.3 Å². The second kappa shape index (κ2) is 7.27. The number of amides is 1. The number of nitrogens with zero attached hydrogens (tertiary/aromatic N) is 1. The zero-order chi connectivity index (χ0) is 16.9. The molecule has 24 heavy (non-hydrogen) atoms. The van der Waals surface area contributed by atoms with Crippen molar-refractivity contribution in [1.82, 2.24) is 5.43 Å². The second-order valence-electron chi connectivity index (χ2n) is 5.28. The molecule has 0 atom stereocenters. The highest BCUT2D eigenvalue weighted by molar-refractivity contribution is 7.12. The molecule has 1 aliphatic carbocycles. The third kappa shape index (κ3) is 3.99. The molecule has 0 radical (unpaired) electrons. The lowest BCUT2D eigenvalue weighted by atomic mass is 10.2. The van der Waals surface area contributed by atoms with E-state index in [0.29, 0.717) is 21.9 Å². The van der Waals surface area contributed by atoms with Gasteiger partial charge in [-0.25, -0.2) is 5.43 Å². The lowest BCUT2D eigenvalue weighted by molar-refractivity contribution is -0.135. The summed E-state index contributed by atoms with van der Waals surface area (Å²) in [5.41, 5.74) is 3.17. The van der Waals surface area contributed by atoms with Crippen LogP contribution < -0.4 is 14.9 Å². The molecule has 1 aromatic carbocycles. The SMILES string of the molecule is COc1cc(/C=N\NC(=O)c2cccs2)ccc1OC(=O)C1CC1. The lowest BCUT2D eigenvalue weighted by Crippen LogP contribution is -2.16. The predicted octanol–water partition coefficient (Wildman–Crippen LogP) is 2.84. The first kappa shape index (κ1) is 16.2. The fourth-order valence-corrected chi connectivity index (χ4v) is 2.60. The molecule has 0 spiro atoms. The molecular weight excluding hydrogens is 328 g/mol. The number of methoxy groups -OCH3 is 1. The normalized spacial score (nSPS) is 13.7. The summed E-state index contributed by atoms with van der Waals surface area (Å²) in [6.45, 7) is 0. The standard InChI is InChI=1S/C17H16N2O4S/c1-22-14-9-11(4-7-13(14)23-17(21)12-5-6-12)10-18-19-16(20)15-3-2-8-24-15/h2-4,7-10,12H,5-6H2,1H3,(H,19,20)/b18-10-. The molecule has 6 nitrogen and oxygen atoms in total. The van der Waals surface area contributed by atoms with Gasteiger partial charge in [0, 0.05) is 0 Å². The van der Waals surface area contributed by atoms with Crippen LogP contribution in [0.2, 0.25) is 0 Å². The number of rotatable bonds is 6. The molecular formula is C17H16N2O4S. The van der Waals surface area contributed by atoms with Crippen LogP contribution in [-0.4, -0.2) is 25.2 Å². The minimum atomic E-state index is -0.261. The first-order valence-corrected chi connectivity index (χ1v) is 8.32. The molecule has 1 fully saturated rings. The van der Waals surface area contributed by atoms with E-state index in [9.17, 15) is 9.59 Å². The van der Waals surface area contributed by atoms with Crippen LogP contribution in [0.4, 0.5) is 0 Å². The van der Waals surface area contributed by atoms with E-state index in [0.717, 1.165) is 12.8 Å². The Balaban J connectivity index is 1.64. The minimum Gasteiger partial charge on any atom is -0.493 e. The summed E-state index contributed by atoms with van der Waals surface area (Å²) in [4.78, 5) is 24.1. The van der Waals surface area contributed by atoms with Crippen molar-refractivity contribution in [1.29, 1.82) is 0 Å². The van der Waals surface area contributed by atoms with E-state index in [1.54, 1.807) is 30.3 Å². The lowest BCUT2D eigenvalue weighted by Gasteiger charge is -2.09. The number of ether oxygens (including phenoxy) is 2. The quantitative estimate of drug-likeness (QED) is 0.378. The Kier molecular flexibility index (Phi) is 4.90. The first-order valence-electron chi connectivity index (χ1n) is 7.44. The number of nitrogens with one attached hydrogen (secondary N) is 1. The summed E-state index contributed by atoms with van der Waals surface area (Å²) in [6.07, 6.45) is 3.27. The monoisotopic (exact) mass is 344 g/mol. The van der Waals surface area contributed by atoms with Crippen molar-refractivity contribution in [3.63, 3.8) is 0 Å². The highest BCUT2D eigenvalue weighted by Crippen LogP contribution is 2.34. The zero-order valence-electron chi connectivity index (χ0n) is 13.0. The van der Waals surface area contributed by atoms with Crippen LogP contribution in [0, 0.1) is 5.92 Å². The van der Waals surface area contributed by atoms with Gasteiger partial charge < -0.3 is 9.47 Å². The van der Waals surface area contributed by atoms with Crippen molar-refractivity contribution >= 4 is 29.4 Å². The Labute approximate surface area is 143 Å². The smallest absolute Gasteiger partial charge is 0.314 e. The van der Waals surface area contributed by atoms with E-state index in [4.69, 9.17) is 9.47 Å². The van der Waals surface area contributed by atoms with Gasteiger partial charge in [-0.15, -0.1) is 11.3 Å². The number of carbonyl (C=O) groups excluding carboxylic acids is 2. The predicted molar refractivity (Wildman–Crippen MR) is 90.7 cm³/mol. The number of esters is 1. The van der Waals surface area contributed by atoms with Crippen LogP contribution in [0.25, 0.3) is 0 Å². The van der Waals surface area contributed by atoms with Crippen molar-refractivity contribution in [3.05, 3.63) is 46.2 Å². The molecule has 7 heteroatoms. The van der Waals surface area contributed by atoms with Gasteiger partial charge in [0.05, 0.1) is 24.1 Å². The van der Waals surface area contributed by atoms with E-state index in [1.807, 2.05) is 5.38 Å². The molecule has 1 heterocycles. The van der Waals surface area contributed by atoms with Crippen LogP contribution in [0.5, 0.6) is 11.5 Å². The average molecular weight is 344 g/mol. The summed E-state index contributed by atoms with van der Waals surface area (Å²) < 4.78 is 10.6. The van der Waals surface area contributed by atoms with Gasteiger partial charge in [0.15, 0.2) is 11.5 Å². The third-order valence-corrected chi connectivity index (χ3v) is 4.30. The Morgan fingerprint density at radius 2 is 2.12 bits per heavy atom. The molecule has 1 N–H and O–H groups in total. The Morgan fingerprint density at radius 1 is 1.29 bits per heavy atom. The molecule has 0 bridgehead atoms. The number of carbonyl (C=O) groups is 2. The second-order valence-corrected chi connectivity index (χ2v) is 6.23. The van der Waals surface area contributed by atoms with Crippen molar-refractivity contribution in [2.75, 3.05) is 7.11 Å². The van der Waals surface area contributed by atoms with E-state index < -0.39 is 0 Å². The minimum absolute atomic E-state index is 0.0170. The third-order valence-electron chi connectivity index (χ3n) is 3.43. The van der Waals surface area contributed by atoms with Gasteiger partial charge in [0.1, 0.15) is 0 Å². The highest BCUT2D eigenvalue weighted by atomic mass is 32.1. The molecule has 1 aliphatic rings. The number of hydrogen-bond acceptors (Lipinski definition) is 6. The van der Waals surface area contributed by atoms with E-state index >= 15 is 0 Å². The van der Waals surface area contributed by atoms with E-state index in [1.165, 1.54) is 24.7 Å². The average Bonchev–Trinajstić information content (AvgIpc) is 3.30. The maximum Gasteiger partial charge on any atom is 0.314 e. The van der Waals surface area contributed by atoms with Gasteiger partial charge in [0.2, 0.25) is 0 Å². The van der Waals surface area contributed by atoms with Gasteiger partial charge in [-0.2, -0.15) is 5.10 Å². The van der Waals surface area contributed by atoms with Crippen LogP contribution in [-0.2, 0) is 4.79 Å². The summed E-state index contributed by atoms with van der Waals surface area (Å²) in [5, 5.41) is 5.75. The van der Waals surface area contributed by atoms with E-state index in [-0.39, 0.29) is 17.8 Å². The Bertz CT molecular complexity index is 767. The van der Waals surface area contributed by atoms with Crippen molar-refractivity contribution in [3.8, 4) is 11.5 Å². The summed E-state index contributed by atoms with van der Waals surface area (Å²) in [5.74, 6) is 0.358. The molecule has 0 aliphatic heterocycles. The van der Waals surface area contributed by atoms with Crippen LogP contribution in [0.15, 0.2) is 40.8 Å². The molecule has 3 rings (SSSR count). The van der Waals surface area contributed by atoms with Crippen molar-refractivity contribution in [2.24, 2.45) is 11.0 Å². The van der Waals surface area contributed by atoms with E-state index in [2.05, 4.69) is 10.5 Å². The van der Waals surface area contributed by atoms with Crippen molar-refractivity contribution < 1.29 is 19.1 Å². The molecule has 1 saturated carbocycles. The Hall–Kier alpha value is -2.67. The van der Waals surface area contributed by atoms with Crippen LogP contribution in [0.1, 0.15) is 28.1 Å². The fourth-order valence-electron chi connectivity index (χ4n) is 1.99. The Morgan fingerprint density at radius 3 is 2.79 bits per heavy atom. The van der Waals surface area contributed by atoms with Crippen molar-refractivity contribution in [2.45, 2.75) is 12.8 Å². The number of thiophene rings is 1. The maximum absolute atomic E-state index is 11.8. The number of benzene rings is 1. The van der Waals surface area contributed by atoms with Gasteiger partial charge in [-0.3, -0.25) is 9.59 Å². The first-order chi connectivity index (χ1) is 11.7. The fraction of sp³-hybridized carbons (Fsp3) is 0.235. The van der Waals surface area contributed by atoms with Gasteiger partial charge in [-0.1, -0.05) is 6.07 Å². The molecule has 1 aromatic heterocycles. The molecule has 2 aromatic rings. The number of hydrogen-bond donors (Lipinski definition) is 1. The van der Waals surface area contributed by atoms with Crippen LogP contribution in [0.3, 0.4) is 0 Å². The van der Waals surface area contributed by atoms with Gasteiger partial charge >= 0.3 is 5.97 Å². The molecule has 1 amide bonds. The number of hydrazone groups is 1. The summed E-state index contributed by atoms with van der Waals surface area (Å²) >= 11 is 1.34. The zero-order valence-corrected chi connectivity index (χ0v) is 13.8. The molecule has 0 unspecified atom stereocenters. The van der Waals surface area contributed by atoms with Gasteiger partial charge in [-0.05, 0) is 48.1 Å². The maximum atomic E-state index is 11.8. The highest BCUT2D eigenvalue weighted by Gasteiger charge is 2.32. The van der Waals surface area contributed by atoms with Gasteiger partial charge in [0.25, 0.3) is 5.91 Å². The summed E-state index contributed by atoms with van der Waals surface area (Å²) in [7, 11) is 1.50.